The molecule has 1 aliphatic carbocycles. The summed E-state index contributed by atoms with van der Waals surface area (Å²) in [5.74, 6) is -0.875. The summed E-state index contributed by atoms with van der Waals surface area (Å²) in [6.07, 6.45) is 4.82. The fourth-order valence-electron chi connectivity index (χ4n) is 3.99. The molecule has 2 fully saturated rings. The molecule has 0 unspecified atom stereocenters. The summed E-state index contributed by atoms with van der Waals surface area (Å²) >= 11 is 3.41. The zero-order valence-corrected chi connectivity index (χ0v) is 18.7. The molecule has 1 heterocycles. The lowest BCUT2D eigenvalue weighted by atomic mass is 10.0. The van der Waals surface area contributed by atoms with Crippen LogP contribution in [0.25, 0.3) is 6.08 Å². The standard InChI is InChI=1S/C24H20BrN3O4/c25-18-9-10-21(32-14-16-6-2-1-5-15(16)13-26)17(11-18)12-20-22(29)27-24(31)28(23(20)30)19-7-3-4-8-19/h1-2,5-6,9-12,19H,3-4,7-8,14H2,(H,27,29,31)/b20-12+. The number of barbiturate groups is 1. The Labute approximate surface area is 193 Å². The van der Waals surface area contributed by atoms with Crippen molar-refractivity contribution in [3.05, 3.63) is 69.2 Å². The Morgan fingerprint density at radius 1 is 1.16 bits per heavy atom. The van der Waals surface area contributed by atoms with Gasteiger partial charge in [-0.05, 0) is 43.2 Å². The number of benzene rings is 2. The van der Waals surface area contributed by atoms with Crippen molar-refractivity contribution in [2.45, 2.75) is 38.3 Å². The normalized spacial score (nSPS) is 18.1. The van der Waals surface area contributed by atoms with Gasteiger partial charge in [0, 0.05) is 21.6 Å². The lowest BCUT2D eigenvalue weighted by Gasteiger charge is -2.31. The van der Waals surface area contributed by atoms with E-state index in [9.17, 15) is 19.6 Å². The van der Waals surface area contributed by atoms with Crippen molar-refractivity contribution in [2.24, 2.45) is 0 Å². The Bertz CT molecular complexity index is 1160. The molecule has 1 saturated carbocycles. The summed E-state index contributed by atoms with van der Waals surface area (Å²) < 4.78 is 6.68. The molecule has 0 aromatic heterocycles. The lowest BCUT2D eigenvalue weighted by molar-refractivity contribution is -0.131. The van der Waals surface area contributed by atoms with Crippen LogP contribution in [0.15, 0.2) is 52.5 Å². The molecule has 0 bridgehead atoms. The Morgan fingerprint density at radius 3 is 2.66 bits per heavy atom. The molecule has 7 nitrogen and oxygen atoms in total. The van der Waals surface area contributed by atoms with Gasteiger partial charge in [-0.2, -0.15) is 5.26 Å². The smallest absolute Gasteiger partial charge is 0.331 e. The molecule has 0 radical (unpaired) electrons. The summed E-state index contributed by atoms with van der Waals surface area (Å²) in [5, 5.41) is 11.6. The number of hydrogen-bond donors (Lipinski definition) is 1. The van der Waals surface area contributed by atoms with Crippen molar-refractivity contribution >= 4 is 39.9 Å². The van der Waals surface area contributed by atoms with Crippen LogP contribution in [0.4, 0.5) is 4.79 Å². The number of amides is 4. The van der Waals surface area contributed by atoms with Gasteiger partial charge >= 0.3 is 6.03 Å². The van der Waals surface area contributed by atoms with Crippen LogP contribution >= 0.6 is 15.9 Å². The van der Waals surface area contributed by atoms with Crippen molar-refractivity contribution in [2.75, 3.05) is 0 Å². The van der Waals surface area contributed by atoms with Gasteiger partial charge < -0.3 is 4.74 Å². The van der Waals surface area contributed by atoms with Crippen LogP contribution in [0, 0.1) is 11.3 Å². The van der Waals surface area contributed by atoms with Crippen LogP contribution in [0.5, 0.6) is 5.75 Å². The van der Waals surface area contributed by atoms with Crippen LogP contribution in [0.3, 0.4) is 0 Å². The van der Waals surface area contributed by atoms with E-state index in [1.165, 1.54) is 11.0 Å². The van der Waals surface area contributed by atoms with Gasteiger partial charge in [-0.15, -0.1) is 0 Å². The average molecular weight is 494 g/mol. The molecule has 4 rings (SSSR count). The average Bonchev–Trinajstić information content (AvgIpc) is 3.30. The first-order valence-electron chi connectivity index (χ1n) is 10.3. The van der Waals surface area contributed by atoms with E-state index < -0.39 is 17.8 Å². The van der Waals surface area contributed by atoms with Crippen LogP contribution in [0.2, 0.25) is 0 Å². The second-order valence-corrected chi connectivity index (χ2v) is 8.59. The molecule has 0 spiro atoms. The van der Waals surface area contributed by atoms with E-state index in [1.807, 2.05) is 6.07 Å². The van der Waals surface area contributed by atoms with E-state index >= 15 is 0 Å². The van der Waals surface area contributed by atoms with Gasteiger partial charge in [0.05, 0.1) is 11.6 Å². The number of imide groups is 2. The summed E-state index contributed by atoms with van der Waals surface area (Å²) in [7, 11) is 0. The van der Waals surface area contributed by atoms with Gasteiger partial charge in [0.15, 0.2) is 0 Å². The highest BCUT2D eigenvalue weighted by Gasteiger charge is 2.40. The topological polar surface area (TPSA) is 99.5 Å². The highest BCUT2D eigenvalue weighted by atomic mass is 79.9. The molecular weight excluding hydrogens is 474 g/mol. The van der Waals surface area contributed by atoms with Crippen LogP contribution in [0.1, 0.15) is 42.4 Å². The van der Waals surface area contributed by atoms with Gasteiger partial charge in [-0.1, -0.05) is 47.0 Å². The Kier molecular flexibility index (Phi) is 6.37. The first-order chi connectivity index (χ1) is 15.5. The van der Waals surface area contributed by atoms with Gasteiger partial charge in [-0.25, -0.2) is 4.79 Å². The molecule has 1 aliphatic heterocycles. The second-order valence-electron chi connectivity index (χ2n) is 7.67. The second kappa shape index (κ2) is 9.37. The number of carbonyl (C=O) groups is 3. The van der Waals surface area contributed by atoms with Crippen molar-refractivity contribution in [3.8, 4) is 11.8 Å². The first kappa shape index (κ1) is 21.8. The largest absolute Gasteiger partial charge is 0.488 e. The molecule has 2 aliphatic rings. The molecule has 8 heteroatoms. The minimum Gasteiger partial charge on any atom is -0.488 e. The van der Waals surface area contributed by atoms with Gasteiger partial charge in [0.2, 0.25) is 0 Å². The third kappa shape index (κ3) is 4.43. The minimum atomic E-state index is -0.727. The summed E-state index contributed by atoms with van der Waals surface area (Å²) in [5.41, 5.74) is 1.63. The molecule has 1 saturated heterocycles. The van der Waals surface area contributed by atoms with Crippen LogP contribution < -0.4 is 10.1 Å². The lowest BCUT2D eigenvalue weighted by Crippen LogP contribution is -2.57. The predicted octanol–water partition coefficient (Wildman–Crippen LogP) is 4.30. The SMILES string of the molecule is N#Cc1ccccc1COc1ccc(Br)cc1/C=C1\C(=O)NC(=O)N(C2CCCC2)C1=O. The van der Waals surface area contributed by atoms with Crippen LogP contribution in [-0.2, 0) is 16.2 Å². The zero-order valence-electron chi connectivity index (χ0n) is 17.1. The van der Waals surface area contributed by atoms with Gasteiger partial charge in [0.1, 0.15) is 17.9 Å². The highest BCUT2D eigenvalue weighted by molar-refractivity contribution is 9.10. The number of nitriles is 1. The fraction of sp³-hybridized carbons (Fsp3) is 0.250. The van der Waals surface area contributed by atoms with E-state index in [-0.39, 0.29) is 18.2 Å². The number of nitrogens with one attached hydrogen (secondary N) is 1. The minimum absolute atomic E-state index is 0.114. The summed E-state index contributed by atoms with van der Waals surface area (Å²) in [6, 6.07) is 13.6. The number of urea groups is 1. The molecule has 32 heavy (non-hydrogen) atoms. The maximum Gasteiger partial charge on any atom is 0.331 e. The van der Waals surface area contributed by atoms with Crippen molar-refractivity contribution < 1.29 is 19.1 Å². The van der Waals surface area contributed by atoms with Gasteiger partial charge in [-0.3, -0.25) is 19.8 Å². The monoisotopic (exact) mass is 493 g/mol. The quantitative estimate of drug-likeness (QED) is 0.494. The molecule has 2 aromatic carbocycles. The zero-order chi connectivity index (χ0) is 22.7. The Morgan fingerprint density at radius 2 is 1.91 bits per heavy atom. The fourth-order valence-corrected chi connectivity index (χ4v) is 4.37. The van der Waals surface area contributed by atoms with E-state index in [1.54, 1.807) is 36.4 Å². The van der Waals surface area contributed by atoms with E-state index in [0.717, 1.165) is 35.7 Å². The summed E-state index contributed by atoms with van der Waals surface area (Å²) in [4.78, 5) is 39.1. The number of rotatable bonds is 5. The number of carbonyl (C=O) groups excluding carboxylic acids is 3. The predicted molar refractivity (Wildman–Crippen MR) is 120 cm³/mol. The summed E-state index contributed by atoms with van der Waals surface area (Å²) in [6.45, 7) is 0.147. The Balaban J connectivity index is 1.64. The number of halogens is 1. The number of hydrogen-bond acceptors (Lipinski definition) is 5. The molecule has 4 amide bonds. The van der Waals surface area contributed by atoms with Crippen LogP contribution in [-0.4, -0.2) is 28.8 Å². The third-order valence-electron chi connectivity index (χ3n) is 5.62. The van der Waals surface area contributed by atoms with E-state index in [2.05, 4.69) is 27.3 Å². The molecule has 2 aromatic rings. The van der Waals surface area contributed by atoms with Crippen molar-refractivity contribution in [1.82, 2.24) is 10.2 Å². The molecular formula is C24H20BrN3O4. The van der Waals surface area contributed by atoms with E-state index in [4.69, 9.17) is 4.74 Å². The molecule has 162 valence electrons. The number of ether oxygens (including phenoxy) is 1. The van der Waals surface area contributed by atoms with E-state index in [0.29, 0.717) is 16.9 Å². The third-order valence-corrected chi connectivity index (χ3v) is 6.11. The van der Waals surface area contributed by atoms with Gasteiger partial charge in [0.25, 0.3) is 11.8 Å². The molecule has 1 N–H and O–H groups in total. The van der Waals surface area contributed by atoms with Crippen molar-refractivity contribution in [3.63, 3.8) is 0 Å². The number of nitrogens with zero attached hydrogens (tertiary/aromatic N) is 2. The molecule has 0 atom stereocenters. The maximum atomic E-state index is 13.1. The Hall–Kier alpha value is -3.44. The first-order valence-corrected chi connectivity index (χ1v) is 11.1. The maximum absolute atomic E-state index is 13.1. The van der Waals surface area contributed by atoms with Crippen molar-refractivity contribution in [1.29, 1.82) is 5.26 Å². The highest BCUT2D eigenvalue weighted by Crippen LogP contribution is 2.30.